The molecule has 4 heterocycles. The molecule has 34 heavy (non-hydrogen) atoms. The molecule has 0 bridgehead atoms. The van der Waals surface area contributed by atoms with Crippen molar-refractivity contribution < 1.29 is 9.72 Å². The number of rotatable bonds is 5. The normalized spacial score (nSPS) is 17.1. The van der Waals surface area contributed by atoms with Crippen molar-refractivity contribution in [3.8, 4) is 5.69 Å². The van der Waals surface area contributed by atoms with Crippen LogP contribution in [0.25, 0.3) is 5.69 Å². The topological polar surface area (TPSA) is 109 Å². The molecule has 1 amide bonds. The van der Waals surface area contributed by atoms with Crippen LogP contribution in [-0.2, 0) is 0 Å². The van der Waals surface area contributed by atoms with E-state index >= 15 is 0 Å². The second-order valence-electron chi connectivity index (χ2n) is 8.62. The third-order valence-electron chi connectivity index (χ3n) is 6.61. The molecule has 0 radical (unpaired) electrons. The zero-order valence-electron chi connectivity index (χ0n) is 18.8. The lowest BCUT2D eigenvalue weighted by atomic mass is 9.91. The van der Waals surface area contributed by atoms with E-state index in [4.69, 9.17) is 0 Å². The second kappa shape index (κ2) is 9.60. The van der Waals surface area contributed by atoms with E-state index in [9.17, 15) is 14.9 Å². The summed E-state index contributed by atoms with van der Waals surface area (Å²) in [6.07, 6.45) is 5.26. The van der Waals surface area contributed by atoms with Crippen LogP contribution in [0.4, 0.5) is 11.5 Å². The summed E-state index contributed by atoms with van der Waals surface area (Å²) in [5, 5.41) is 19.0. The number of benzene rings is 1. The summed E-state index contributed by atoms with van der Waals surface area (Å²) in [6.45, 7) is 4.44. The Morgan fingerprint density at radius 2 is 1.76 bits per heavy atom. The van der Waals surface area contributed by atoms with Gasteiger partial charge in [-0.15, -0.1) is 0 Å². The quantitative estimate of drug-likeness (QED) is 0.459. The van der Waals surface area contributed by atoms with Gasteiger partial charge >= 0.3 is 0 Å². The molecular weight excluding hydrogens is 434 g/mol. The number of hydrogen-bond acceptors (Lipinski definition) is 7. The molecule has 10 nitrogen and oxygen atoms in total. The highest BCUT2D eigenvalue weighted by Gasteiger charge is 2.31. The Hall–Kier alpha value is -3.79. The lowest BCUT2D eigenvalue weighted by molar-refractivity contribution is -0.384. The van der Waals surface area contributed by atoms with E-state index in [0.717, 1.165) is 56.2 Å². The van der Waals surface area contributed by atoms with E-state index in [1.165, 1.54) is 12.1 Å². The molecule has 2 aliphatic rings. The van der Waals surface area contributed by atoms with Crippen LogP contribution in [0.1, 0.15) is 34.8 Å². The third kappa shape index (κ3) is 4.36. The number of carbonyl (C=O) groups is 1. The summed E-state index contributed by atoms with van der Waals surface area (Å²) in [5.74, 6) is 1.10. The summed E-state index contributed by atoms with van der Waals surface area (Å²) in [7, 11) is 0. The highest BCUT2D eigenvalue weighted by atomic mass is 16.6. The van der Waals surface area contributed by atoms with E-state index in [0.29, 0.717) is 18.7 Å². The summed E-state index contributed by atoms with van der Waals surface area (Å²) >= 11 is 0. The summed E-state index contributed by atoms with van der Waals surface area (Å²) in [6, 6.07) is 12.2. The van der Waals surface area contributed by atoms with Gasteiger partial charge in [-0.25, -0.2) is 9.67 Å². The number of amides is 1. The fraction of sp³-hybridized carbons (Fsp3) is 0.375. The highest BCUT2D eigenvalue weighted by molar-refractivity contribution is 5.95. The van der Waals surface area contributed by atoms with Crippen LogP contribution < -0.4 is 10.2 Å². The number of nitrogens with one attached hydrogen (secondary N) is 1. The van der Waals surface area contributed by atoms with E-state index < -0.39 is 4.92 Å². The first-order chi connectivity index (χ1) is 16.6. The van der Waals surface area contributed by atoms with Crippen molar-refractivity contribution in [2.75, 3.05) is 44.2 Å². The Balaban J connectivity index is 1.41. The van der Waals surface area contributed by atoms with Crippen LogP contribution in [0, 0.1) is 10.1 Å². The third-order valence-corrected chi connectivity index (χ3v) is 6.61. The minimum atomic E-state index is -0.417. The Bertz CT molecular complexity index is 1150. The lowest BCUT2D eigenvalue weighted by Gasteiger charge is -2.35. The Kier molecular flexibility index (Phi) is 6.22. The van der Waals surface area contributed by atoms with Gasteiger partial charge in [0.15, 0.2) is 0 Å². The molecule has 0 aliphatic carbocycles. The molecule has 0 atom stereocenters. The number of carbonyl (C=O) groups excluding carboxylic acids is 1. The minimum Gasteiger partial charge on any atom is -0.353 e. The van der Waals surface area contributed by atoms with Gasteiger partial charge in [0, 0.05) is 50.4 Å². The van der Waals surface area contributed by atoms with Crippen molar-refractivity contribution in [1.29, 1.82) is 0 Å². The van der Waals surface area contributed by atoms with Crippen molar-refractivity contribution in [2.24, 2.45) is 0 Å². The number of hydrogen-bond donors (Lipinski definition) is 1. The average molecular weight is 462 g/mol. The van der Waals surface area contributed by atoms with Gasteiger partial charge in [0.05, 0.1) is 28.1 Å². The zero-order valence-corrected chi connectivity index (χ0v) is 18.8. The highest BCUT2D eigenvalue weighted by Crippen LogP contribution is 2.31. The molecule has 0 spiro atoms. The fourth-order valence-corrected chi connectivity index (χ4v) is 4.78. The van der Waals surface area contributed by atoms with Gasteiger partial charge in [-0.1, -0.05) is 6.07 Å². The molecule has 10 heteroatoms. The van der Waals surface area contributed by atoms with Crippen molar-refractivity contribution in [1.82, 2.24) is 25.0 Å². The van der Waals surface area contributed by atoms with E-state index in [2.05, 4.69) is 20.3 Å². The van der Waals surface area contributed by atoms with Crippen molar-refractivity contribution >= 4 is 17.4 Å². The monoisotopic (exact) mass is 461 g/mol. The predicted molar refractivity (Wildman–Crippen MR) is 127 cm³/mol. The first-order valence-corrected chi connectivity index (χ1v) is 11.6. The van der Waals surface area contributed by atoms with Gasteiger partial charge in [0.1, 0.15) is 5.82 Å². The average Bonchev–Trinajstić information content (AvgIpc) is 3.35. The van der Waals surface area contributed by atoms with Gasteiger partial charge in [0.2, 0.25) is 0 Å². The molecule has 0 unspecified atom stereocenters. The summed E-state index contributed by atoms with van der Waals surface area (Å²) < 4.78 is 1.79. The molecular formula is C24H27N7O3. The number of nitrogens with zero attached hydrogens (tertiary/aromatic N) is 6. The maximum atomic E-state index is 13.6. The van der Waals surface area contributed by atoms with Crippen LogP contribution in [0.3, 0.4) is 0 Å². The molecule has 176 valence electrons. The smallest absolute Gasteiger partial charge is 0.269 e. The minimum absolute atomic E-state index is 0.0117. The largest absolute Gasteiger partial charge is 0.353 e. The molecule has 2 aliphatic heterocycles. The lowest BCUT2D eigenvalue weighted by Crippen LogP contribution is -2.49. The van der Waals surface area contributed by atoms with Crippen molar-refractivity contribution in [3.63, 3.8) is 0 Å². The molecule has 1 N–H and O–H groups in total. The number of nitro groups is 1. The van der Waals surface area contributed by atoms with Crippen LogP contribution in [0.5, 0.6) is 0 Å². The van der Waals surface area contributed by atoms with E-state index in [1.54, 1.807) is 29.2 Å². The van der Waals surface area contributed by atoms with Crippen LogP contribution in [0.15, 0.2) is 54.9 Å². The molecule has 2 saturated heterocycles. The number of pyridine rings is 1. The number of anilines is 1. The molecule has 1 aromatic carbocycles. The molecule has 0 saturated carbocycles. The maximum absolute atomic E-state index is 13.6. The maximum Gasteiger partial charge on any atom is 0.269 e. The number of nitro benzene ring substituents is 1. The number of aromatic nitrogens is 3. The van der Waals surface area contributed by atoms with Gasteiger partial charge in [-0.2, -0.15) is 5.10 Å². The van der Waals surface area contributed by atoms with E-state index in [1.807, 2.05) is 23.1 Å². The van der Waals surface area contributed by atoms with Crippen molar-refractivity contribution in [3.05, 3.63) is 76.2 Å². The Labute approximate surface area is 197 Å². The van der Waals surface area contributed by atoms with Gasteiger partial charge in [-0.05, 0) is 50.2 Å². The van der Waals surface area contributed by atoms with Crippen LogP contribution in [0.2, 0.25) is 0 Å². The Morgan fingerprint density at radius 1 is 1.03 bits per heavy atom. The summed E-state index contributed by atoms with van der Waals surface area (Å²) in [4.78, 5) is 32.8. The van der Waals surface area contributed by atoms with Crippen molar-refractivity contribution in [2.45, 2.75) is 18.8 Å². The van der Waals surface area contributed by atoms with Crippen LogP contribution in [-0.4, -0.2) is 69.8 Å². The van der Waals surface area contributed by atoms with E-state index in [-0.39, 0.29) is 17.5 Å². The second-order valence-corrected chi connectivity index (χ2v) is 8.62. The predicted octanol–water partition coefficient (Wildman–Crippen LogP) is 2.60. The standard InChI is InChI=1S/C24H27N7O3/c32-24(29-15-13-28(14-16-29)22-3-1-2-10-26-22)21-17-27-30(23(21)18-8-11-25-12-9-18)19-4-6-20(7-5-19)31(33)34/h1-7,10,17-18,25H,8-9,11-16H2. The molecule has 2 aromatic heterocycles. The molecule has 5 rings (SSSR count). The number of piperidine rings is 1. The fourth-order valence-electron chi connectivity index (χ4n) is 4.78. The summed E-state index contributed by atoms with van der Waals surface area (Å²) in [5.41, 5.74) is 2.27. The zero-order chi connectivity index (χ0) is 23.5. The van der Waals surface area contributed by atoms with Gasteiger partial charge in [0.25, 0.3) is 11.6 Å². The first kappa shape index (κ1) is 22.0. The molecule has 3 aromatic rings. The van der Waals surface area contributed by atoms with Gasteiger partial charge in [-0.3, -0.25) is 14.9 Å². The first-order valence-electron chi connectivity index (χ1n) is 11.6. The van der Waals surface area contributed by atoms with Gasteiger partial charge < -0.3 is 15.1 Å². The number of non-ortho nitro benzene ring substituents is 1. The molecule has 2 fully saturated rings. The Morgan fingerprint density at radius 3 is 2.41 bits per heavy atom. The SMILES string of the molecule is O=C(c1cnn(-c2ccc([N+](=O)[O-])cc2)c1C1CCNCC1)N1CCN(c2ccccn2)CC1. The number of piperazine rings is 1. The van der Waals surface area contributed by atoms with Crippen LogP contribution >= 0.6 is 0 Å².